The minimum absolute atomic E-state index is 0.285. The molecule has 2 N–H and O–H groups in total. The van der Waals surface area contributed by atoms with Crippen LogP contribution in [-0.2, 0) is 6.42 Å². The van der Waals surface area contributed by atoms with E-state index in [1.165, 1.54) is 30.5 Å². The summed E-state index contributed by atoms with van der Waals surface area (Å²) in [4.78, 5) is 11.5. The van der Waals surface area contributed by atoms with E-state index < -0.39 is 0 Å². The molecular formula is C17H16F2N2O. The van der Waals surface area contributed by atoms with Crippen molar-refractivity contribution < 1.29 is 13.6 Å². The Morgan fingerprint density at radius 3 is 2.50 bits per heavy atom. The molecule has 2 rings (SSSR count). The summed E-state index contributed by atoms with van der Waals surface area (Å²) in [6.45, 7) is 0.422. The molecule has 2 aromatic carbocycles. The van der Waals surface area contributed by atoms with Crippen molar-refractivity contribution in [2.45, 2.75) is 6.42 Å². The Kier molecular flexibility index (Phi) is 5.65. The largest absolute Gasteiger partial charge is 0.338 e. The lowest BCUT2D eigenvalue weighted by molar-refractivity contribution is 0.244. The van der Waals surface area contributed by atoms with Crippen molar-refractivity contribution in [2.75, 3.05) is 6.54 Å². The van der Waals surface area contributed by atoms with Crippen LogP contribution >= 0.6 is 0 Å². The summed E-state index contributed by atoms with van der Waals surface area (Å²) >= 11 is 0. The van der Waals surface area contributed by atoms with Crippen molar-refractivity contribution in [3.8, 4) is 0 Å². The fourth-order valence-electron chi connectivity index (χ4n) is 1.84. The Hall–Kier alpha value is -2.69. The maximum atomic E-state index is 13.3. The number of amides is 2. The first-order valence-electron chi connectivity index (χ1n) is 6.85. The number of benzene rings is 2. The number of rotatable bonds is 5. The minimum atomic E-state index is -0.380. The lowest BCUT2D eigenvalue weighted by atomic mass is 10.1. The van der Waals surface area contributed by atoms with Gasteiger partial charge in [0.1, 0.15) is 11.6 Å². The van der Waals surface area contributed by atoms with Crippen LogP contribution in [0.15, 0.2) is 54.7 Å². The smallest absolute Gasteiger partial charge is 0.318 e. The monoisotopic (exact) mass is 302 g/mol. The summed E-state index contributed by atoms with van der Waals surface area (Å²) in [6, 6.07) is 12.0. The van der Waals surface area contributed by atoms with Crippen molar-refractivity contribution in [2.24, 2.45) is 0 Å². The summed E-state index contributed by atoms with van der Waals surface area (Å²) in [7, 11) is 0. The van der Waals surface area contributed by atoms with Crippen molar-refractivity contribution in [3.05, 3.63) is 77.5 Å². The van der Waals surface area contributed by atoms with Gasteiger partial charge in [0.2, 0.25) is 0 Å². The molecule has 0 aliphatic rings. The van der Waals surface area contributed by atoms with Crippen molar-refractivity contribution in [1.82, 2.24) is 10.6 Å². The third-order valence-electron chi connectivity index (χ3n) is 3.00. The second kappa shape index (κ2) is 7.93. The summed E-state index contributed by atoms with van der Waals surface area (Å²) in [5.41, 5.74) is 1.33. The van der Waals surface area contributed by atoms with E-state index in [1.54, 1.807) is 30.3 Å². The molecule has 114 valence electrons. The molecular weight excluding hydrogens is 286 g/mol. The zero-order valence-electron chi connectivity index (χ0n) is 11.9. The average molecular weight is 302 g/mol. The lowest BCUT2D eigenvalue weighted by Gasteiger charge is -2.05. The van der Waals surface area contributed by atoms with Crippen LogP contribution < -0.4 is 10.6 Å². The summed E-state index contributed by atoms with van der Waals surface area (Å²) in [5, 5.41) is 5.15. The van der Waals surface area contributed by atoms with Gasteiger partial charge in [-0.25, -0.2) is 13.6 Å². The number of halogens is 2. The van der Waals surface area contributed by atoms with Crippen LogP contribution in [-0.4, -0.2) is 12.6 Å². The van der Waals surface area contributed by atoms with Crippen molar-refractivity contribution >= 4 is 12.1 Å². The van der Waals surface area contributed by atoms with Crippen LogP contribution in [0.5, 0.6) is 0 Å². The van der Waals surface area contributed by atoms with Gasteiger partial charge >= 0.3 is 6.03 Å². The van der Waals surface area contributed by atoms with E-state index in [4.69, 9.17) is 0 Å². The SMILES string of the molecule is O=C(N/C=C/c1ccccc1F)NCCc1ccc(F)cc1. The van der Waals surface area contributed by atoms with Gasteiger partial charge in [0.05, 0.1) is 0 Å². The maximum Gasteiger partial charge on any atom is 0.318 e. The predicted octanol–water partition coefficient (Wildman–Crippen LogP) is 3.48. The molecule has 0 fully saturated rings. The number of hydrogen-bond donors (Lipinski definition) is 2. The zero-order chi connectivity index (χ0) is 15.8. The van der Waals surface area contributed by atoms with Crippen LogP contribution in [0.2, 0.25) is 0 Å². The molecule has 0 aromatic heterocycles. The van der Waals surface area contributed by atoms with Gasteiger partial charge in [-0.1, -0.05) is 30.3 Å². The molecule has 2 amide bonds. The van der Waals surface area contributed by atoms with Crippen LogP contribution in [0.3, 0.4) is 0 Å². The molecule has 5 heteroatoms. The van der Waals surface area contributed by atoms with Crippen LogP contribution in [0.4, 0.5) is 13.6 Å². The molecule has 0 saturated heterocycles. The third kappa shape index (κ3) is 5.01. The Labute approximate surface area is 127 Å². The zero-order valence-corrected chi connectivity index (χ0v) is 11.9. The van der Waals surface area contributed by atoms with Gasteiger partial charge in [0.25, 0.3) is 0 Å². The molecule has 0 saturated carbocycles. The fraction of sp³-hybridized carbons (Fsp3) is 0.118. The van der Waals surface area contributed by atoms with Gasteiger partial charge in [0.15, 0.2) is 0 Å². The highest BCUT2D eigenvalue weighted by Crippen LogP contribution is 2.07. The van der Waals surface area contributed by atoms with Crippen LogP contribution in [0.25, 0.3) is 6.08 Å². The highest BCUT2D eigenvalue weighted by molar-refractivity contribution is 5.75. The molecule has 0 aliphatic heterocycles. The Morgan fingerprint density at radius 2 is 1.77 bits per heavy atom. The van der Waals surface area contributed by atoms with Gasteiger partial charge in [-0.2, -0.15) is 0 Å². The van der Waals surface area contributed by atoms with E-state index in [9.17, 15) is 13.6 Å². The Balaban J connectivity index is 1.72. The minimum Gasteiger partial charge on any atom is -0.338 e. The molecule has 0 aliphatic carbocycles. The van der Waals surface area contributed by atoms with E-state index >= 15 is 0 Å². The molecule has 3 nitrogen and oxygen atoms in total. The lowest BCUT2D eigenvalue weighted by Crippen LogP contribution is -2.33. The van der Waals surface area contributed by atoms with Crippen LogP contribution in [0, 0.1) is 11.6 Å². The second-order valence-corrected chi connectivity index (χ2v) is 4.63. The van der Waals surface area contributed by atoms with Gasteiger partial charge in [0, 0.05) is 18.3 Å². The highest BCUT2D eigenvalue weighted by atomic mass is 19.1. The first-order chi connectivity index (χ1) is 10.6. The molecule has 0 heterocycles. The van der Waals surface area contributed by atoms with E-state index in [0.29, 0.717) is 18.5 Å². The molecule has 2 aromatic rings. The molecule has 22 heavy (non-hydrogen) atoms. The quantitative estimate of drug-likeness (QED) is 0.872. The van der Waals surface area contributed by atoms with E-state index in [1.807, 2.05) is 0 Å². The molecule has 0 unspecified atom stereocenters. The fourth-order valence-corrected chi connectivity index (χ4v) is 1.84. The number of urea groups is 1. The Morgan fingerprint density at radius 1 is 1.05 bits per heavy atom. The third-order valence-corrected chi connectivity index (χ3v) is 3.00. The topological polar surface area (TPSA) is 41.1 Å². The summed E-state index contributed by atoms with van der Waals surface area (Å²) in [6.07, 6.45) is 3.46. The Bertz CT molecular complexity index is 654. The van der Waals surface area contributed by atoms with Gasteiger partial charge in [-0.05, 0) is 36.3 Å². The number of hydrogen-bond acceptors (Lipinski definition) is 1. The van der Waals surface area contributed by atoms with Gasteiger partial charge in [-0.15, -0.1) is 0 Å². The summed E-state index contributed by atoms with van der Waals surface area (Å²) in [5.74, 6) is -0.634. The van der Waals surface area contributed by atoms with Crippen molar-refractivity contribution in [1.29, 1.82) is 0 Å². The number of carbonyl (C=O) groups excluding carboxylic acids is 1. The molecule has 0 bridgehead atoms. The van der Waals surface area contributed by atoms with E-state index in [-0.39, 0.29) is 17.7 Å². The van der Waals surface area contributed by atoms with Crippen LogP contribution in [0.1, 0.15) is 11.1 Å². The summed E-state index contributed by atoms with van der Waals surface area (Å²) < 4.78 is 26.1. The maximum absolute atomic E-state index is 13.3. The van der Waals surface area contributed by atoms with Crippen molar-refractivity contribution in [3.63, 3.8) is 0 Å². The van der Waals surface area contributed by atoms with E-state index in [2.05, 4.69) is 10.6 Å². The first kappa shape index (κ1) is 15.7. The van der Waals surface area contributed by atoms with Gasteiger partial charge in [-0.3, -0.25) is 0 Å². The van der Waals surface area contributed by atoms with E-state index in [0.717, 1.165) is 5.56 Å². The first-order valence-corrected chi connectivity index (χ1v) is 6.85. The predicted molar refractivity (Wildman–Crippen MR) is 82.1 cm³/mol. The average Bonchev–Trinajstić information content (AvgIpc) is 2.51. The number of carbonyl (C=O) groups is 1. The number of nitrogens with one attached hydrogen (secondary N) is 2. The molecule has 0 spiro atoms. The second-order valence-electron chi connectivity index (χ2n) is 4.63. The molecule has 0 atom stereocenters. The normalized spacial score (nSPS) is 10.6. The van der Waals surface area contributed by atoms with Gasteiger partial charge < -0.3 is 10.6 Å². The standard InChI is InChI=1S/C17H16F2N2O/c18-15-7-5-13(6-8-15)9-11-20-17(22)21-12-10-14-3-1-2-4-16(14)19/h1-8,10,12H,9,11H2,(H2,20,21,22)/b12-10+. The molecule has 0 radical (unpaired) electrons. The highest BCUT2D eigenvalue weighted by Gasteiger charge is 1.99.